The molecule has 0 bridgehead atoms. The molecule has 1 aliphatic carbocycles. The fourth-order valence-electron chi connectivity index (χ4n) is 3.06. The Balaban J connectivity index is 2.33. The molecule has 2 unspecified atom stereocenters. The maximum atomic E-state index is 11.4. The van der Waals surface area contributed by atoms with E-state index in [2.05, 4.69) is 12.2 Å². The summed E-state index contributed by atoms with van der Waals surface area (Å²) < 4.78 is 22.9. The third kappa shape index (κ3) is 3.66. The predicted molar refractivity (Wildman–Crippen MR) is 83.3 cm³/mol. The lowest BCUT2D eigenvalue weighted by Crippen LogP contribution is -2.46. The second-order valence-electron chi connectivity index (χ2n) is 6.06. The molecule has 0 heterocycles. The number of primary sulfonamides is 1. The van der Waals surface area contributed by atoms with Crippen LogP contribution < -0.4 is 16.2 Å². The van der Waals surface area contributed by atoms with Crippen molar-refractivity contribution in [2.45, 2.75) is 43.0 Å². The van der Waals surface area contributed by atoms with Gasteiger partial charge in [-0.25, -0.2) is 13.6 Å². The highest BCUT2D eigenvalue weighted by Crippen LogP contribution is 2.36. The standard InChI is InChI=1S/C14H23N3O3S/c1-10-3-2-6-14(8-10,9-18)17-13-7-11(21(16,19)20)4-5-12(13)15/h4-5,7,10,17-18H,2-3,6,8-9,15H2,1H3,(H2,16,19,20). The molecule has 0 aromatic heterocycles. The average Bonchev–Trinajstić information content (AvgIpc) is 2.40. The Bertz CT molecular complexity index is 618. The minimum Gasteiger partial charge on any atom is -0.397 e. The van der Waals surface area contributed by atoms with Crippen LogP contribution in [0.3, 0.4) is 0 Å². The van der Waals surface area contributed by atoms with Gasteiger partial charge in [0, 0.05) is 0 Å². The number of sulfonamides is 1. The molecule has 0 spiro atoms. The predicted octanol–water partition coefficient (Wildman–Crippen LogP) is 1.27. The van der Waals surface area contributed by atoms with Gasteiger partial charge in [-0.05, 0) is 37.0 Å². The molecular weight excluding hydrogens is 290 g/mol. The summed E-state index contributed by atoms with van der Waals surface area (Å²) in [6, 6.07) is 4.33. The molecule has 21 heavy (non-hydrogen) atoms. The van der Waals surface area contributed by atoms with Gasteiger partial charge in [-0.15, -0.1) is 0 Å². The lowest BCUT2D eigenvalue weighted by molar-refractivity contribution is 0.149. The third-order valence-corrected chi connectivity index (χ3v) is 5.06. The van der Waals surface area contributed by atoms with E-state index in [9.17, 15) is 13.5 Å². The minimum atomic E-state index is -3.78. The summed E-state index contributed by atoms with van der Waals surface area (Å²) in [5.41, 5.74) is 6.41. The van der Waals surface area contributed by atoms with Crippen molar-refractivity contribution in [3.8, 4) is 0 Å². The van der Waals surface area contributed by atoms with Gasteiger partial charge in [-0.1, -0.05) is 19.8 Å². The maximum absolute atomic E-state index is 11.4. The van der Waals surface area contributed by atoms with Crippen LogP contribution in [0.15, 0.2) is 23.1 Å². The highest BCUT2D eigenvalue weighted by Gasteiger charge is 2.34. The zero-order valence-corrected chi connectivity index (χ0v) is 13.0. The van der Waals surface area contributed by atoms with E-state index in [-0.39, 0.29) is 11.5 Å². The number of benzene rings is 1. The second kappa shape index (κ2) is 5.82. The SMILES string of the molecule is CC1CCCC(CO)(Nc2cc(S(N)(=O)=O)ccc2N)C1. The van der Waals surface area contributed by atoms with Crippen LogP contribution in [0.2, 0.25) is 0 Å². The van der Waals surface area contributed by atoms with Crippen molar-refractivity contribution in [3.63, 3.8) is 0 Å². The zero-order chi connectivity index (χ0) is 15.7. The molecule has 6 N–H and O–H groups in total. The van der Waals surface area contributed by atoms with Crippen molar-refractivity contribution >= 4 is 21.4 Å². The number of aliphatic hydroxyl groups is 1. The number of aliphatic hydroxyl groups excluding tert-OH is 1. The number of nitrogens with two attached hydrogens (primary N) is 2. The van der Waals surface area contributed by atoms with Crippen LogP contribution in [-0.4, -0.2) is 25.7 Å². The molecule has 6 nitrogen and oxygen atoms in total. The summed E-state index contributed by atoms with van der Waals surface area (Å²) in [5.74, 6) is 0.501. The molecule has 0 saturated heterocycles. The first-order valence-electron chi connectivity index (χ1n) is 7.07. The van der Waals surface area contributed by atoms with Crippen LogP contribution in [0.5, 0.6) is 0 Å². The Morgan fingerprint density at radius 2 is 2.19 bits per heavy atom. The van der Waals surface area contributed by atoms with Crippen molar-refractivity contribution in [3.05, 3.63) is 18.2 Å². The highest BCUT2D eigenvalue weighted by atomic mass is 32.2. The van der Waals surface area contributed by atoms with Crippen molar-refractivity contribution < 1.29 is 13.5 Å². The van der Waals surface area contributed by atoms with E-state index in [4.69, 9.17) is 10.9 Å². The van der Waals surface area contributed by atoms with E-state index < -0.39 is 15.6 Å². The summed E-state index contributed by atoms with van der Waals surface area (Å²) in [6.45, 7) is 2.13. The van der Waals surface area contributed by atoms with E-state index in [1.807, 2.05) is 0 Å². The van der Waals surface area contributed by atoms with Gasteiger partial charge < -0.3 is 16.2 Å². The quantitative estimate of drug-likeness (QED) is 0.624. The number of nitrogen functional groups attached to an aromatic ring is 1. The molecule has 1 aromatic rings. The summed E-state index contributed by atoms with van der Waals surface area (Å²) in [6.07, 6.45) is 3.80. The Morgan fingerprint density at radius 3 is 2.76 bits per heavy atom. The Hall–Kier alpha value is -1.31. The molecule has 2 atom stereocenters. The largest absolute Gasteiger partial charge is 0.397 e. The summed E-state index contributed by atoms with van der Waals surface area (Å²) in [5, 5.41) is 18.2. The van der Waals surface area contributed by atoms with Crippen LogP contribution in [-0.2, 0) is 10.0 Å². The van der Waals surface area contributed by atoms with Gasteiger partial charge >= 0.3 is 0 Å². The third-order valence-electron chi connectivity index (χ3n) is 4.15. The van der Waals surface area contributed by atoms with Gasteiger partial charge in [-0.3, -0.25) is 0 Å². The lowest BCUT2D eigenvalue weighted by Gasteiger charge is -2.40. The maximum Gasteiger partial charge on any atom is 0.238 e. The van der Waals surface area contributed by atoms with Crippen molar-refractivity contribution in [2.75, 3.05) is 17.7 Å². The van der Waals surface area contributed by atoms with Crippen LogP contribution in [0.1, 0.15) is 32.6 Å². The number of anilines is 2. The zero-order valence-electron chi connectivity index (χ0n) is 12.2. The van der Waals surface area contributed by atoms with Gasteiger partial charge in [-0.2, -0.15) is 0 Å². The molecule has 0 aliphatic heterocycles. The van der Waals surface area contributed by atoms with Gasteiger partial charge in [0.25, 0.3) is 0 Å². The summed E-state index contributed by atoms with van der Waals surface area (Å²) >= 11 is 0. The van der Waals surface area contributed by atoms with Crippen LogP contribution in [0.4, 0.5) is 11.4 Å². The van der Waals surface area contributed by atoms with Crippen LogP contribution >= 0.6 is 0 Å². The minimum absolute atomic E-state index is 0.0103. The molecule has 1 fully saturated rings. The second-order valence-corrected chi connectivity index (χ2v) is 7.62. The van der Waals surface area contributed by atoms with Gasteiger partial charge in [0.2, 0.25) is 10.0 Å². The molecular formula is C14H23N3O3S. The highest BCUT2D eigenvalue weighted by molar-refractivity contribution is 7.89. The molecule has 0 amide bonds. The topological polar surface area (TPSA) is 118 Å². The molecule has 1 saturated carbocycles. The smallest absolute Gasteiger partial charge is 0.238 e. The average molecular weight is 313 g/mol. The fourth-order valence-corrected chi connectivity index (χ4v) is 3.60. The van der Waals surface area contributed by atoms with E-state index in [1.165, 1.54) is 18.2 Å². The van der Waals surface area contributed by atoms with Crippen molar-refractivity contribution in [2.24, 2.45) is 11.1 Å². The van der Waals surface area contributed by atoms with Crippen molar-refractivity contribution in [1.29, 1.82) is 0 Å². The first kappa shape index (κ1) is 16.1. The molecule has 0 radical (unpaired) electrons. The number of nitrogens with one attached hydrogen (secondary N) is 1. The van der Waals surface area contributed by atoms with Gasteiger partial charge in [0.1, 0.15) is 0 Å². The Kier molecular flexibility index (Phi) is 4.46. The first-order valence-corrected chi connectivity index (χ1v) is 8.62. The normalized spacial score (nSPS) is 26.5. The Labute approximate surface area is 125 Å². The molecule has 1 aliphatic rings. The van der Waals surface area contributed by atoms with Gasteiger partial charge in [0.05, 0.1) is 28.4 Å². The summed E-state index contributed by atoms with van der Waals surface area (Å²) in [7, 11) is -3.78. The van der Waals surface area contributed by atoms with E-state index in [1.54, 1.807) is 0 Å². The summed E-state index contributed by atoms with van der Waals surface area (Å²) in [4.78, 5) is 0.0103. The number of rotatable bonds is 4. The lowest BCUT2D eigenvalue weighted by atomic mass is 9.76. The van der Waals surface area contributed by atoms with Crippen molar-refractivity contribution in [1.82, 2.24) is 0 Å². The first-order chi connectivity index (χ1) is 9.76. The van der Waals surface area contributed by atoms with E-state index in [0.29, 0.717) is 17.3 Å². The van der Waals surface area contributed by atoms with Crippen LogP contribution in [0.25, 0.3) is 0 Å². The monoisotopic (exact) mass is 313 g/mol. The Morgan fingerprint density at radius 1 is 1.48 bits per heavy atom. The van der Waals surface area contributed by atoms with Gasteiger partial charge in [0.15, 0.2) is 0 Å². The number of hydrogen-bond donors (Lipinski definition) is 4. The molecule has 2 rings (SSSR count). The van der Waals surface area contributed by atoms with Crippen LogP contribution in [0, 0.1) is 5.92 Å². The molecule has 118 valence electrons. The number of hydrogen-bond acceptors (Lipinski definition) is 5. The molecule has 1 aromatic carbocycles. The molecule has 7 heteroatoms. The fraction of sp³-hybridized carbons (Fsp3) is 0.571. The van der Waals surface area contributed by atoms with E-state index in [0.717, 1.165) is 25.7 Å². The van der Waals surface area contributed by atoms with E-state index >= 15 is 0 Å².